The molecule has 0 amide bonds. The molecule has 2 aromatic carbocycles. The summed E-state index contributed by atoms with van der Waals surface area (Å²) in [6.07, 6.45) is 1.84. The van der Waals surface area contributed by atoms with Gasteiger partial charge >= 0.3 is 0 Å². The summed E-state index contributed by atoms with van der Waals surface area (Å²) in [5, 5.41) is 0. The molecule has 26 heavy (non-hydrogen) atoms. The van der Waals surface area contributed by atoms with E-state index in [1.807, 2.05) is 6.07 Å². The predicted molar refractivity (Wildman–Crippen MR) is 99.0 cm³/mol. The molecule has 5 heteroatoms. The number of nitrogens with zero attached hydrogens (tertiary/aromatic N) is 1. The zero-order valence-electron chi connectivity index (χ0n) is 15.2. The number of rotatable bonds is 2. The van der Waals surface area contributed by atoms with Crippen molar-refractivity contribution < 1.29 is 18.9 Å². The van der Waals surface area contributed by atoms with Gasteiger partial charge in [-0.05, 0) is 46.9 Å². The Balaban J connectivity index is 1.75. The molecule has 134 valence electrons. The van der Waals surface area contributed by atoms with E-state index in [1.54, 1.807) is 14.2 Å². The topological polar surface area (TPSA) is 40.2 Å². The van der Waals surface area contributed by atoms with Gasteiger partial charge in [-0.25, -0.2) is 0 Å². The maximum absolute atomic E-state index is 5.82. The summed E-state index contributed by atoms with van der Waals surface area (Å²) in [5.74, 6) is 3.26. The Labute approximate surface area is 152 Å². The first-order chi connectivity index (χ1) is 12.7. The number of benzene rings is 2. The molecule has 0 saturated heterocycles. The second-order valence-electron chi connectivity index (χ2n) is 6.87. The zero-order chi connectivity index (χ0) is 17.8. The third-order valence-corrected chi connectivity index (χ3v) is 5.55. The van der Waals surface area contributed by atoms with Crippen molar-refractivity contribution >= 4 is 11.3 Å². The van der Waals surface area contributed by atoms with Crippen LogP contribution in [-0.4, -0.2) is 39.5 Å². The summed E-state index contributed by atoms with van der Waals surface area (Å²) in [4.78, 5) is 2.34. The summed E-state index contributed by atoms with van der Waals surface area (Å²) in [6, 6.07) is 8.41. The molecule has 1 aliphatic carbocycles. The van der Waals surface area contributed by atoms with E-state index in [9.17, 15) is 0 Å². The molecule has 0 radical (unpaired) electrons. The number of fused-ring (bicyclic) bond motifs is 6. The first kappa shape index (κ1) is 15.4. The molecule has 2 aromatic rings. The lowest BCUT2D eigenvalue weighted by molar-refractivity contribution is 0.173. The van der Waals surface area contributed by atoms with Crippen LogP contribution in [0, 0.1) is 0 Å². The molecule has 0 bridgehead atoms. The van der Waals surface area contributed by atoms with Gasteiger partial charge in [-0.2, -0.15) is 0 Å². The van der Waals surface area contributed by atoms with Crippen LogP contribution >= 0.6 is 0 Å². The highest BCUT2D eigenvalue weighted by atomic mass is 16.7. The van der Waals surface area contributed by atoms with Crippen molar-refractivity contribution in [3.05, 3.63) is 46.5 Å². The standard InChI is InChI=1S/C21H21NO4/c1-22-7-6-12-9-17(23-2)18(24-3)10-14(12)15-8-13-4-5-16-21(26-11-25-16)19(13)20(15)22/h4-5,9-10H,6-8,11H2,1-3H3. The highest BCUT2D eigenvalue weighted by Gasteiger charge is 2.34. The minimum atomic E-state index is 0.291. The van der Waals surface area contributed by atoms with E-state index in [0.717, 1.165) is 42.4 Å². The predicted octanol–water partition coefficient (Wildman–Crippen LogP) is 3.34. The minimum Gasteiger partial charge on any atom is -0.493 e. The lowest BCUT2D eigenvalue weighted by Gasteiger charge is -2.21. The van der Waals surface area contributed by atoms with Gasteiger partial charge in [0.25, 0.3) is 0 Å². The molecule has 2 heterocycles. The lowest BCUT2D eigenvalue weighted by Crippen LogP contribution is -2.18. The second kappa shape index (κ2) is 5.59. The second-order valence-corrected chi connectivity index (χ2v) is 6.87. The van der Waals surface area contributed by atoms with Gasteiger partial charge in [0.2, 0.25) is 6.79 Å². The van der Waals surface area contributed by atoms with Gasteiger partial charge in [0.15, 0.2) is 23.0 Å². The Morgan fingerprint density at radius 1 is 1.00 bits per heavy atom. The van der Waals surface area contributed by atoms with E-state index >= 15 is 0 Å². The molecular formula is C21H21NO4. The molecule has 5 nitrogen and oxygen atoms in total. The number of ether oxygens (including phenoxy) is 4. The summed E-state index contributed by atoms with van der Waals surface area (Å²) in [5.41, 5.74) is 7.56. The fraction of sp³-hybridized carbons (Fsp3) is 0.333. The Morgan fingerprint density at radius 3 is 2.62 bits per heavy atom. The lowest BCUT2D eigenvalue weighted by atomic mass is 9.96. The average molecular weight is 351 g/mol. The van der Waals surface area contributed by atoms with Gasteiger partial charge in [0, 0.05) is 25.6 Å². The summed E-state index contributed by atoms with van der Waals surface area (Å²) in [6.45, 7) is 1.23. The van der Waals surface area contributed by atoms with E-state index in [4.69, 9.17) is 18.9 Å². The molecule has 0 fully saturated rings. The van der Waals surface area contributed by atoms with Crippen LogP contribution in [0.2, 0.25) is 0 Å². The maximum atomic E-state index is 5.82. The van der Waals surface area contributed by atoms with Crippen molar-refractivity contribution in [1.82, 2.24) is 4.90 Å². The molecule has 0 aromatic heterocycles. The highest BCUT2D eigenvalue weighted by molar-refractivity contribution is 6.00. The molecular weight excluding hydrogens is 330 g/mol. The third kappa shape index (κ3) is 2.03. The van der Waals surface area contributed by atoms with Crippen molar-refractivity contribution in [3.8, 4) is 23.0 Å². The van der Waals surface area contributed by atoms with Crippen LogP contribution in [0.3, 0.4) is 0 Å². The van der Waals surface area contributed by atoms with Gasteiger partial charge in [0.05, 0.1) is 19.9 Å². The Kier molecular flexibility index (Phi) is 3.32. The zero-order valence-corrected chi connectivity index (χ0v) is 15.2. The van der Waals surface area contributed by atoms with Crippen LogP contribution < -0.4 is 18.9 Å². The summed E-state index contributed by atoms with van der Waals surface area (Å²) in [7, 11) is 5.52. The quantitative estimate of drug-likeness (QED) is 0.830. The normalized spacial score (nSPS) is 16.8. The molecule has 0 N–H and O–H groups in total. The third-order valence-electron chi connectivity index (χ3n) is 5.55. The number of methoxy groups -OCH3 is 2. The monoisotopic (exact) mass is 351 g/mol. The van der Waals surface area contributed by atoms with E-state index in [-0.39, 0.29) is 0 Å². The van der Waals surface area contributed by atoms with Crippen LogP contribution in [0.15, 0.2) is 24.3 Å². The summed E-state index contributed by atoms with van der Waals surface area (Å²) < 4.78 is 22.5. The summed E-state index contributed by atoms with van der Waals surface area (Å²) >= 11 is 0. The van der Waals surface area contributed by atoms with Crippen molar-refractivity contribution in [1.29, 1.82) is 0 Å². The first-order valence-electron chi connectivity index (χ1n) is 8.82. The van der Waals surface area contributed by atoms with Crippen LogP contribution in [0.1, 0.15) is 22.3 Å². The SMILES string of the molecule is COc1cc2c(cc1OC)C1=C(c3c(ccc4c3OCO4)C1)N(C)CC2. The number of hydrogen-bond acceptors (Lipinski definition) is 5. The molecule has 0 spiro atoms. The van der Waals surface area contributed by atoms with Gasteiger partial charge < -0.3 is 23.8 Å². The van der Waals surface area contributed by atoms with Crippen molar-refractivity contribution in [3.63, 3.8) is 0 Å². The molecule has 5 rings (SSSR count). The van der Waals surface area contributed by atoms with Crippen LogP contribution in [0.25, 0.3) is 11.3 Å². The fourth-order valence-corrected chi connectivity index (χ4v) is 4.30. The van der Waals surface area contributed by atoms with Crippen molar-refractivity contribution in [2.24, 2.45) is 0 Å². The first-order valence-corrected chi connectivity index (χ1v) is 8.82. The van der Waals surface area contributed by atoms with Crippen LogP contribution in [0.4, 0.5) is 0 Å². The van der Waals surface area contributed by atoms with Crippen molar-refractivity contribution in [2.75, 3.05) is 34.6 Å². The molecule has 2 aliphatic heterocycles. The van der Waals surface area contributed by atoms with Gasteiger partial charge in [0.1, 0.15) is 0 Å². The number of likely N-dealkylation sites (N-methyl/N-ethyl adjacent to an activating group) is 1. The van der Waals surface area contributed by atoms with E-state index in [2.05, 4.69) is 30.1 Å². The van der Waals surface area contributed by atoms with Gasteiger partial charge in [-0.1, -0.05) is 6.07 Å². The molecule has 0 unspecified atom stereocenters. The van der Waals surface area contributed by atoms with E-state index < -0.39 is 0 Å². The molecule has 0 atom stereocenters. The Morgan fingerprint density at radius 2 is 1.81 bits per heavy atom. The van der Waals surface area contributed by atoms with Gasteiger partial charge in [-0.15, -0.1) is 0 Å². The fourth-order valence-electron chi connectivity index (χ4n) is 4.30. The van der Waals surface area contributed by atoms with Crippen LogP contribution in [-0.2, 0) is 12.8 Å². The minimum absolute atomic E-state index is 0.291. The number of allylic oxidation sites excluding steroid dienone is 1. The van der Waals surface area contributed by atoms with Gasteiger partial charge in [-0.3, -0.25) is 0 Å². The van der Waals surface area contributed by atoms with Crippen molar-refractivity contribution in [2.45, 2.75) is 12.8 Å². The highest BCUT2D eigenvalue weighted by Crippen LogP contribution is 2.51. The van der Waals surface area contributed by atoms with E-state index in [1.165, 1.54) is 33.5 Å². The van der Waals surface area contributed by atoms with Crippen LogP contribution in [0.5, 0.6) is 23.0 Å². The smallest absolute Gasteiger partial charge is 0.231 e. The largest absolute Gasteiger partial charge is 0.493 e. The average Bonchev–Trinajstić information content (AvgIpc) is 3.26. The Bertz CT molecular complexity index is 948. The Hall–Kier alpha value is -2.82. The number of hydrogen-bond donors (Lipinski definition) is 0. The molecule has 3 aliphatic rings. The van der Waals surface area contributed by atoms with E-state index in [0.29, 0.717) is 6.79 Å². The molecule has 0 saturated carbocycles. The maximum Gasteiger partial charge on any atom is 0.231 e.